The molecule has 0 aliphatic carbocycles. The Kier molecular flexibility index (Phi) is 3.54. The van der Waals surface area contributed by atoms with Gasteiger partial charge in [-0.15, -0.1) is 10.2 Å². The highest BCUT2D eigenvalue weighted by atomic mass is 15.2. The quantitative estimate of drug-likeness (QED) is 0.770. The fraction of sp³-hybridized carbons (Fsp3) is 0.214. The monoisotopic (exact) mass is 238 g/mol. The number of rotatable bonds is 3. The predicted octanol–water partition coefficient (Wildman–Crippen LogP) is 2.41. The number of aromatic nitrogens is 2. The average molecular weight is 238 g/mol. The van der Waals surface area contributed by atoms with Crippen LogP contribution in [-0.4, -0.2) is 23.8 Å². The maximum Gasteiger partial charge on any atom is 0.151 e. The fourth-order valence-corrected chi connectivity index (χ4v) is 1.72. The van der Waals surface area contributed by atoms with Crippen LogP contribution in [0, 0.1) is 18.3 Å². The lowest BCUT2D eigenvalue weighted by Crippen LogP contribution is -2.18. The van der Waals surface area contributed by atoms with E-state index in [1.165, 1.54) is 5.56 Å². The number of aryl methyl sites for hydroxylation is 1. The van der Waals surface area contributed by atoms with E-state index < -0.39 is 0 Å². The second-order valence-corrected chi connectivity index (χ2v) is 4.11. The topological polar surface area (TPSA) is 52.8 Å². The molecule has 2 aromatic rings. The number of nitriles is 1. The lowest BCUT2D eigenvalue weighted by molar-refractivity contribution is 0.934. The van der Waals surface area contributed by atoms with Gasteiger partial charge in [0.05, 0.1) is 11.8 Å². The molecule has 1 aromatic carbocycles. The van der Waals surface area contributed by atoms with E-state index in [0.717, 1.165) is 11.3 Å². The first-order valence-electron chi connectivity index (χ1n) is 5.70. The first kappa shape index (κ1) is 12.1. The fourth-order valence-electron chi connectivity index (χ4n) is 1.72. The minimum Gasteiger partial charge on any atom is -0.345 e. The van der Waals surface area contributed by atoms with Crippen LogP contribution in [0.4, 0.5) is 5.82 Å². The van der Waals surface area contributed by atoms with Crippen LogP contribution in [0.5, 0.6) is 0 Å². The molecule has 0 bridgehead atoms. The zero-order chi connectivity index (χ0) is 13.0. The molecule has 0 spiro atoms. The number of benzene rings is 1. The molecule has 0 amide bonds. The van der Waals surface area contributed by atoms with Gasteiger partial charge in [-0.2, -0.15) is 5.26 Å². The minimum absolute atomic E-state index is 0.304. The van der Waals surface area contributed by atoms with Crippen molar-refractivity contribution in [3.63, 3.8) is 0 Å². The summed E-state index contributed by atoms with van der Waals surface area (Å²) in [6.45, 7) is 2.35. The van der Waals surface area contributed by atoms with E-state index in [-0.39, 0.29) is 0 Å². The van der Waals surface area contributed by atoms with Crippen LogP contribution in [0.2, 0.25) is 0 Å². The predicted molar refractivity (Wildman–Crippen MR) is 71.1 cm³/mol. The maximum absolute atomic E-state index is 8.63. The number of anilines is 1. The summed E-state index contributed by atoms with van der Waals surface area (Å²) >= 11 is 0. The highest BCUT2D eigenvalue weighted by Gasteiger charge is 2.05. The third-order valence-corrected chi connectivity index (χ3v) is 2.77. The van der Waals surface area contributed by atoms with E-state index in [9.17, 15) is 0 Å². The summed E-state index contributed by atoms with van der Waals surface area (Å²) in [7, 11) is 1.82. The van der Waals surface area contributed by atoms with Crippen molar-refractivity contribution in [3.8, 4) is 17.3 Å². The molecule has 0 aliphatic rings. The standard InChI is InChI=1S/C14H14N4/c1-11-5-3-4-6-12(11)13-7-8-14(17-16-13)18(2)10-9-15/h3-8H,10H2,1-2H3. The largest absolute Gasteiger partial charge is 0.345 e. The van der Waals surface area contributed by atoms with E-state index in [1.54, 1.807) is 4.90 Å². The lowest BCUT2D eigenvalue weighted by atomic mass is 10.1. The highest BCUT2D eigenvalue weighted by Crippen LogP contribution is 2.21. The summed E-state index contributed by atoms with van der Waals surface area (Å²) in [5.74, 6) is 0.703. The average Bonchev–Trinajstić information content (AvgIpc) is 2.40. The van der Waals surface area contributed by atoms with Crippen LogP contribution < -0.4 is 4.90 Å². The molecule has 90 valence electrons. The molecule has 0 aliphatic heterocycles. The van der Waals surface area contributed by atoms with Gasteiger partial charge in [-0.1, -0.05) is 24.3 Å². The van der Waals surface area contributed by atoms with Crippen LogP contribution in [0.25, 0.3) is 11.3 Å². The second-order valence-electron chi connectivity index (χ2n) is 4.11. The maximum atomic E-state index is 8.63. The van der Waals surface area contributed by atoms with Crippen molar-refractivity contribution >= 4 is 5.82 Å². The Hall–Kier alpha value is -2.41. The van der Waals surface area contributed by atoms with Gasteiger partial charge in [0, 0.05) is 12.6 Å². The normalized spacial score (nSPS) is 9.83. The molecule has 1 aromatic heterocycles. The van der Waals surface area contributed by atoms with Gasteiger partial charge in [-0.25, -0.2) is 0 Å². The van der Waals surface area contributed by atoms with Crippen molar-refractivity contribution in [3.05, 3.63) is 42.0 Å². The second kappa shape index (κ2) is 5.28. The molecule has 0 atom stereocenters. The molecule has 0 N–H and O–H groups in total. The molecular weight excluding hydrogens is 224 g/mol. The third-order valence-electron chi connectivity index (χ3n) is 2.77. The molecule has 0 fully saturated rings. The first-order valence-corrected chi connectivity index (χ1v) is 5.70. The summed E-state index contributed by atoms with van der Waals surface area (Å²) in [5, 5.41) is 17.0. The van der Waals surface area contributed by atoms with Gasteiger partial charge in [0.1, 0.15) is 6.54 Å². The van der Waals surface area contributed by atoms with Crippen molar-refractivity contribution < 1.29 is 0 Å². The summed E-state index contributed by atoms with van der Waals surface area (Å²) in [6, 6.07) is 14.0. The van der Waals surface area contributed by atoms with Gasteiger partial charge in [0.25, 0.3) is 0 Å². The third kappa shape index (κ3) is 2.46. The van der Waals surface area contributed by atoms with Gasteiger partial charge in [0.15, 0.2) is 5.82 Å². The molecule has 0 saturated heterocycles. The van der Waals surface area contributed by atoms with Crippen molar-refractivity contribution in [2.75, 3.05) is 18.5 Å². The van der Waals surface area contributed by atoms with Crippen LogP contribution in [-0.2, 0) is 0 Å². The Bertz CT molecular complexity index is 569. The van der Waals surface area contributed by atoms with E-state index >= 15 is 0 Å². The minimum atomic E-state index is 0.304. The van der Waals surface area contributed by atoms with Crippen molar-refractivity contribution in [1.82, 2.24) is 10.2 Å². The number of hydrogen-bond donors (Lipinski definition) is 0. The number of hydrogen-bond acceptors (Lipinski definition) is 4. The van der Waals surface area contributed by atoms with Gasteiger partial charge in [-0.05, 0) is 24.6 Å². The van der Waals surface area contributed by atoms with Gasteiger partial charge in [-0.3, -0.25) is 0 Å². The molecule has 2 rings (SSSR count). The summed E-state index contributed by atoms with van der Waals surface area (Å²) in [6.07, 6.45) is 0. The summed E-state index contributed by atoms with van der Waals surface area (Å²) in [4.78, 5) is 1.76. The highest BCUT2D eigenvalue weighted by molar-refractivity contribution is 5.63. The molecule has 0 saturated carbocycles. The van der Waals surface area contributed by atoms with Gasteiger partial charge >= 0.3 is 0 Å². The Labute approximate surface area is 107 Å². The lowest BCUT2D eigenvalue weighted by Gasteiger charge is -2.13. The van der Waals surface area contributed by atoms with Crippen LogP contribution >= 0.6 is 0 Å². The Morgan fingerprint density at radius 2 is 1.94 bits per heavy atom. The van der Waals surface area contributed by atoms with Crippen LogP contribution in [0.1, 0.15) is 5.56 Å². The Balaban J connectivity index is 2.29. The van der Waals surface area contributed by atoms with E-state index in [2.05, 4.69) is 16.3 Å². The molecule has 0 radical (unpaired) electrons. The first-order chi connectivity index (χ1) is 8.72. The molecule has 1 heterocycles. The smallest absolute Gasteiger partial charge is 0.151 e. The van der Waals surface area contributed by atoms with Gasteiger partial charge < -0.3 is 4.90 Å². The molecular formula is C14H14N4. The van der Waals surface area contributed by atoms with Crippen molar-refractivity contribution in [1.29, 1.82) is 5.26 Å². The molecule has 4 heteroatoms. The van der Waals surface area contributed by atoms with Crippen LogP contribution in [0.3, 0.4) is 0 Å². The SMILES string of the molecule is Cc1ccccc1-c1ccc(N(C)CC#N)nn1. The molecule has 18 heavy (non-hydrogen) atoms. The van der Waals surface area contributed by atoms with E-state index in [0.29, 0.717) is 12.4 Å². The van der Waals surface area contributed by atoms with E-state index in [4.69, 9.17) is 5.26 Å². The number of nitrogens with zero attached hydrogens (tertiary/aromatic N) is 4. The zero-order valence-corrected chi connectivity index (χ0v) is 10.5. The van der Waals surface area contributed by atoms with E-state index in [1.807, 2.05) is 50.4 Å². The van der Waals surface area contributed by atoms with Crippen molar-refractivity contribution in [2.45, 2.75) is 6.92 Å². The summed E-state index contributed by atoms with van der Waals surface area (Å²) < 4.78 is 0. The molecule has 0 unspecified atom stereocenters. The Morgan fingerprint density at radius 3 is 2.56 bits per heavy atom. The molecule has 4 nitrogen and oxygen atoms in total. The summed E-state index contributed by atoms with van der Waals surface area (Å²) in [5.41, 5.74) is 3.10. The van der Waals surface area contributed by atoms with Gasteiger partial charge in [0.2, 0.25) is 0 Å². The Morgan fingerprint density at radius 1 is 1.17 bits per heavy atom. The van der Waals surface area contributed by atoms with Crippen molar-refractivity contribution in [2.24, 2.45) is 0 Å². The zero-order valence-electron chi connectivity index (χ0n) is 10.5. The van der Waals surface area contributed by atoms with Crippen LogP contribution in [0.15, 0.2) is 36.4 Å².